The van der Waals surface area contributed by atoms with Crippen LogP contribution in [0.5, 0.6) is 0 Å². The summed E-state index contributed by atoms with van der Waals surface area (Å²) in [4.78, 5) is 0. The molecule has 152 valence electrons. The predicted molar refractivity (Wildman–Crippen MR) is 128 cm³/mol. The van der Waals surface area contributed by atoms with Crippen molar-refractivity contribution in [2.45, 2.75) is 38.5 Å². The van der Waals surface area contributed by atoms with Crippen molar-refractivity contribution in [3.8, 4) is 0 Å². The van der Waals surface area contributed by atoms with Crippen molar-refractivity contribution in [1.82, 2.24) is 0 Å². The van der Waals surface area contributed by atoms with Gasteiger partial charge in [-0.1, -0.05) is 87.3 Å². The monoisotopic (exact) mass is 474 g/mol. The second-order valence-corrected chi connectivity index (χ2v) is 5.42. The number of rotatable bonds is 0. The zero-order chi connectivity index (χ0) is 20.8. The third-order valence-electron chi connectivity index (χ3n) is 2.91. The Kier molecular flexibility index (Phi) is 50.4. The molecule has 28 heavy (non-hydrogen) atoms. The maximum absolute atomic E-state index is 7.13. The Morgan fingerprint density at radius 1 is 0.643 bits per heavy atom. The third-order valence-corrected chi connectivity index (χ3v) is 2.91. The average Bonchev–Trinajstić information content (AvgIpc) is 2.75. The molecule has 0 spiro atoms. The van der Waals surface area contributed by atoms with Gasteiger partial charge in [0.05, 0.1) is 0 Å². The topological polar surface area (TPSA) is 109 Å². The van der Waals surface area contributed by atoms with Gasteiger partial charge in [0.25, 0.3) is 0 Å². The fourth-order valence-electron chi connectivity index (χ4n) is 1.84. The van der Waals surface area contributed by atoms with E-state index in [2.05, 4.69) is 52.6 Å². The van der Waals surface area contributed by atoms with Gasteiger partial charge in [-0.15, -0.1) is 38.8 Å². The molecule has 3 heterocycles. The van der Waals surface area contributed by atoms with Gasteiger partial charge in [0, 0.05) is 0 Å². The molecular weight excluding hydrogens is 448 g/mol. The Bertz CT molecular complexity index is 371. The van der Waals surface area contributed by atoms with Crippen LogP contribution in [0.3, 0.4) is 0 Å². The van der Waals surface area contributed by atoms with Crippen molar-refractivity contribution in [1.29, 1.82) is 0 Å². The molecule has 0 aromatic carbocycles. The standard InChI is InChI=1S/2C5H10N.C5H6N.3CNS.Cr/c3*1-2-4-6-5-3-1;3*2-1-3;/h2*1-5H2;1-4H,5H2;;;;/q6*-1;+6. The summed E-state index contributed by atoms with van der Waals surface area (Å²) in [6.45, 7) is 5.36. The molecule has 0 atom stereocenters. The molecule has 3 aliphatic heterocycles. The number of thiocarbonyl (C=S) groups is 3. The van der Waals surface area contributed by atoms with Gasteiger partial charge in [-0.25, -0.2) is 0 Å². The van der Waals surface area contributed by atoms with Crippen LogP contribution >= 0.6 is 36.7 Å². The van der Waals surface area contributed by atoms with Crippen LogP contribution in [-0.2, 0) is 17.4 Å². The van der Waals surface area contributed by atoms with Crippen molar-refractivity contribution >= 4 is 52.1 Å². The SMILES string of the molecule is C1=CC[N-]C=C1.C1CC[N-]CC1.C1CC[N-]CC1.[Cr+6].[N-]=C=S.[N-]=C=S.[N-]=C=S. The van der Waals surface area contributed by atoms with Crippen LogP contribution in [0.15, 0.2) is 24.4 Å². The predicted octanol–water partition coefficient (Wildman–Crippen LogP) is 6.50. The summed E-state index contributed by atoms with van der Waals surface area (Å²) < 4.78 is 0. The molecule has 3 aliphatic rings. The van der Waals surface area contributed by atoms with Gasteiger partial charge >= 0.3 is 17.4 Å². The third kappa shape index (κ3) is 49.9. The molecule has 10 heteroatoms. The number of hydrogen-bond acceptors (Lipinski definition) is 3. The number of piperidine rings is 2. The van der Waals surface area contributed by atoms with Gasteiger partial charge in [0.2, 0.25) is 0 Å². The summed E-state index contributed by atoms with van der Waals surface area (Å²) in [5.41, 5.74) is 0. The van der Waals surface area contributed by atoms with Crippen LogP contribution in [0, 0.1) is 0 Å². The van der Waals surface area contributed by atoms with Gasteiger partial charge < -0.3 is 32.2 Å². The van der Waals surface area contributed by atoms with Gasteiger partial charge in [0.15, 0.2) is 0 Å². The molecule has 0 radical (unpaired) electrons. The van der Waals surface area contributed by atoms with E-state index in [1.807, 2.05) is 18.2 Å². The van der Waals surface area contributed by atoms with Crippen LogP contribution in [0.2, 0.25) is 0 Å². The summed E-state index contributed by atoms with van der Waals surface area (Å²) in [5, 5.41) is 37.7. The first kappa shape index (κ1) is 34.6. The number of hydrogen-bond donors (Lipinski definition) is 0. The average molecular weight is 475 g/mol. The van der Waals surface area contributed by atoms with E-state index < -0.39 is 0 Å². The normalized spacial score (nSPS) is 14.9. The molecule has 0 aliphatic carbocycles. The van der Waals surface area contributed by atoms with E-state index >= 15 is 0 Å². The van der Waals surface area contributed by atoms with Crippen LogP contribution in [0.1, 0.15) is 38.5 Å². The van der Waals surface area contributed by atoms with E-state index in [1.54, 1.807) is 6.20 Å². The fourth-order valence-corrected chi connectivity index (χ4v) is 1.84. The van der Waals surface area contributed by atoms with Gasteiger partial charge in [-0.2, -0.15) is 21.7 Å². The Hall–Kier alpha value is -0.868. The van der Waals surface area contributed by atoms with Crippen LogP contribution < -0.4 is 0 Å². The molecule has 0 N–H and O–H groups in total. The Balaban J connectivity index is -0.000000127. The van der Waals surface area contributed by atoms with Crippen LogP contribution in [0.25, 0.3) is 32.2 Å². The Morgan fingerprint density at radius 2 is 1.00 bits per heavy atom. The number of nitrogens with zero attached hydrogens (tertiary/aromatic N) is 6. The molecule has 0 bridgehead atoms. The smallest absolute Gasteiger partial charge is 0.753 e. The number of isothiocyanates is 3. The number of allylic oxidation sites excluding steroid dienone is 2. The molecule has 2 saturated heterocycles. The van der Waals surface area contributed by atoms with Crippen molar-refractivity contribution in [3.05, 3.63) is 56.6 Å². The zero-order valence-electron chi connectivity index (χ0n) is 15.9. The van der Waals surface area contributed by atoms with E-state index in [4.69, 9.17) is 16.2 Å². The maximum atomic E-state index is 7.13. The minimum atomic E-state index is 0. The first-order valence-corrected chi connectivity index (χ1v) is 9.76. The summed E-state index contributed by atoms with van der Waals surface area (Å²) in [6, 6.07) is 0. The van der Waals surface area contributed by atoms with Crippen molar-refractivity contribution in [2.75, 3.05) is 32.7 Å². The molecular formula is C18H26CrN6S3. The summed E-state index contributed by atoms with van der Waals surface area (Å²) in [6.07, 6.45) is 15.9. The van der Waals surface area contributed by atoms with Crippen molar-refractivity contribution in [2.24, 2.45) is 0 Å². The minimum absolute atomic E-state index is 0. The van der Waals surface area contributed by atoms with Crippen LogP contribution in [0.4, 0.5) is 0 Å². The summed E-state index contributed by atoms with van der Waals surface area (Å²) in [5.74, 6) is 0. The summed E-state index contributed by atoms with van der Waals surface area (Å²) >= 11 is 11.1. The molecule has 0 aromatic rings. The Labute approximate surface area is 196 Å². The van der Waals surface area contributed by atoms with Crippen LogP contribution in [-0.4, -0.2) is 48.2 Å². The van der Waals surface area contributed by atoms with E-state index in [0.29, 0.717) is 0 Å². The van der Waals surface area contributed by atoms with Gasteiger partial charge in [0.1, 0.15) is 0 Å². The molecule has 0 amide bonds. The maximum Gasteiger partial charge on any atom is 6.00 e. The van der Waals surface area contributed by atoms with E-state index in [9.17, 15) is 0 Å². The Morgan fingerprint density at radius 3 is 1.07 bits per heavy atom. The minimum Gasteiger partial charge on any atom is -0.753 e. The van der Waals surface area contributed by atoms with E-state index in [-0.39, 0.29) is 17.4 Å². The molecule has 0 aromatic heterocycles. The van der Waals surface area contributed by atoms with Gasteiger partial charge in [-0.05, 0) is 0 Å². The quantitative estimate of drug-likeness (QED) is 0.295. The second-order valence-electron chi connectivity index (χ2n) is 4.87. The van der Waals surface area contributed by atoms with Crippen molar-refractivity contribution < 1.29 is 17.4 Å². The van der Waals surface area contributed by atoms with Gasteiger partial charge in [-0.3, -0.25) is 0 Å². The largest absolute Gasteiger partial charge is 6.00 e. The first-order valence-electron chi connectivity index (χ1n) is 8.53. The molecule has 3 rings (SSSR count). The molecule has 2 fully saturated rings. The molecule has 0 unspecified atom stereocenters. The molecule has 6 nitrogen and oxygen atoms in total. The fraction of sp³-hybridized carbons (Fsp3) is 0.611. The van der Waals surface area contributed by atoms with Crippen molar-refractivity contribution in [3.63, 3.8) is 0 Å². The second kappa shape index (κ2) is 40.7. The van der Waals surface area contributed by atoms with E-state index in [0.717, 1.165) is 32.7 Å². The summed E-state index contributed by atoms with van der Waals surface area (Å²) in [7, 11) is 0. The first-order chi connectivity index (χ1) is 13.2. The zero-order valence-corrected chi connectivity index (χ0v) is 19.6. The van der Waals surface area contributed by atoms with E-state index in [1.165, 1.54) is 54.0 Å². The molecule has 0 saturated carbocycles.